The molecule has 3 heterocycles. The highest BCUT2D eigenvalue weighted by molar-refractivity contribution is 5.95. The molecular formula is C25H24N10O7. The van der Waals surface area contributed by atoms with Gasteiger partial charge in [0.2, 0.25) is 11.6 Å². The summed E-state index contributed by atoms with van der Waals surface area (Å²) in [6.45, 7) is 4.29. The Kier molecular flexibility index (Phi) is 8.21. The van der Waals surface area contributed by atoms with Gasteiger partial charge in [0, 0.05) is 31.3 Å². The molecule has 0 spiro atoms. The Balaban J connectivity index is 1.29. The molecule has 3 N–H and O–H groups in total. The van der Waals surface area contributed by atoms with Gasteiger partial charge in [-0.25, -0.2) is 14.8 Å². The van der Waals surface area contributed by atoms with Crippen LogP contribution in [0, 0.1) is 17.0 Å². The first-order valence-corrected chi connectivity index (χ1v) is 12.5. The van der Waals surface area contributed by atoms with Crippen LogP contribution in [-0.4, -0.2) is 79.5 Å². The number of amides is 1. The van der Waals surface area contributed by atoms with Gasteiger partial charge >= 0.3 is 5.97 Å². The Hall–Kier alpha value is -5.55. The molecule has 1 saturated heterocycles. The number of nitrogens with one attached hydrogen (secondary N) is 1. The van der Waals surface area contributed by atoms with E-state index in [2.05, 4.69) is 40.7 Å². The van der Waals surface area contributed by atoms with E-state index in [9.17, 15) is 19.7 Å². The number of hydrogen-bond donors (Lipinski definition) is 2. The second-order valence-corrected chi connectivity index (χ2v) is 9.08. The largest absolute Gasteiger partial charge is 0.423 e. The van der Waals surface area contributed by atoms with Crippen molar-refractivity contribution in [2.75, 3.05) is 32.0 Å². The van der Waals surface area contributed by atoms with Crippen molar-refractivity contribution in [2.45, 2.75) is 13.5 Å². The highest BCUT2D eigenvalue weighted by atomic mass is 16.6. The zero-order valence-electron chi connectivity index (χ0n) is 22.2. The van der Waals surface area contributed by atoms with Crippen molar-refractivity contribution in [1.82, 2.24) is 35.6 Å². The average molecular weight is 577 g/mol. The predicted molar refractivity (Wildman–Crippen MR) is 144 cm³/mol. The minimum atomic E-state index is -0.689. The summed E-state index contributed by atoms with van der Waals surface area (Å²) in [5, 5.41) is 30.5. The van der Waals surface area contributed by atoms with Crippen molar-refractivity contribution in [2.24, 2.45) is 5.10 Å². The third-order valence-electron chi connectivity index (χ3n) is 6.21. The van der Waals surface area contributed by atoms with Crippen LogP contribution in [0.1, 0.15) is 37.7 Å². The second-order valence-electron chi connectivity index (χ2n) is 9.08. The lowest BCUT2D eigenvalue weighted by molar-refractivity contribution is -0.385. The van der Waals surface area contributed by atoms with Gasteiger partial charge in [0.1, 0.15) is 11.4 Å². The molecule has 17 heteroatoms. The average Bonchev–Trinajstić information content (AvgIpc) is 3.59. The number of carbonyl (C=O) groups excluding carboxylic acids is 2. The van der Waals surface area contributed by atoms with Crippen LogP contribution in [0.2, 0.25) is 0 Å². The maximum absolute atomic E-state index is 13.2. The number of rotatable bonds is 9. The molecule has 2 aromatic carbocycles. The summed E-state index contributed by atoms with van der Waals surface area (Å²) in [6, 6.07) is 10.4. The molecule has 1 aliphatic heterocycles. The standard InChI is InChI=1S/C25H24N10O7/c1-15-11-17(5-6-20(15)35(38)39)25(37)41-18-4-2-3-16(12-18)13-27-29-24(36)21-19(14-33-7-9-40-10-8-33)28-32-34(21)23-22(26)30-42-31-23/h2-6,11-13H,7-10,14H2,1H3,(H2,26,30)(H,29,36)/b27-13-. The molecule has 0 saturated carbocycles. The molecule has 0 unspecified atom stereocenters. The molecule has 1 amide bonds. The number of ether oxygens (including phenoxy) is 2. The van der Waals surface area contributed by atoms with Gasteiger partial charge in [0.05, 0.1) is 29.9 Å². The molecule has 0 aliphatic carbocycles. The van der Waals surface area contributed by atoms with Crippen LogP contribution >= 0.6 is 0 Å². The molecule has 1 aliphatic rings. The van der Waals surface area contributed by atoms with Crippen LogP contribution in [0.3, 0.4) is 0 Å². The zero-order chi connectivity index (χ0) is 29.6. The Morgan fingerprint density at radius 3 is 2.74 bits per heavy atom. The van der Waals surface area contributed by atoms with E-state index in [1.54, 1.807) is 18.2 Å². The molecule has 0 atom stereocenters. The summed E-state index contributed by atoms with van der Waals surface area (Å²) in [5.41, 5.74) is 9.56. The summed E-state index contributed by atoms with van der Waals surface area (Å²) in [6.07, 6.45) is 1.35. The van der Waals surface area contributed by atoms with Crippen molar-refractivity contribution in [3.05, 3.63) is 80.7 Å². The second kappa shape index (κ2) is 12.3. The minimum Gasteiger partial charge on any atom is -0.423 e. The fourth-order valence-corrected chi connectivity index (χ4v) is 4.13. The number of aromatic nitrogens is 5. The number of esters is 1. The topological polar surface area (TPSA) is 219 Å². The highest BCUT2D eigenvalue weighted by Crippen LogP contribution is 2.21. The van der Waals surface area contributed by atoms with Gasteiger partial charge in [-0.3, -0.25) is 19.8 Å². The number of nitrogens with two attached hydrogens (primary N) is 1. The first-order valence-electron chi connectivity index (χ1n) is 12.5. The van der Waals surface area contributed by atoms with E-state index in [1.165, 1.54) is 37.4 Å². The molecule has 17 nitrogen and oxygen atoms in total. The lowest BCUT2D eigenvalue weighted by Gasteiger charge is -2.25. The zero-order valence-corrected chi connectivity index (χ0v) is 22.2. The van der Waals surface area contributed by atoms with Crippen LogP contribution in [0.15, 0.2) is 52.2 Å². The van der Waals surface area contributed by atoms with E-state index >= 15 is 0 Å². The Bertz CT molecular complexity index is 1660. The number of carbonyl (C=O) groups is 2. The molecule has 42 heavy (non-hydrogen) atoms. The van der Waals surface area contributed by atoms with E-state index in [1.807, 2.05) is 0 Å². The first kappa shape index (κ1) is 28.0. The van der Waals surface area contributed by atoms with Gasteiger partial charge in [0.25, 0.3) is 11.6 Å². The van der Waals surface area contributed by atoms with Crippen LogP contribution in [-0.2, 0) is 11.3 Å². The number of nitro groups is 1. The molecule has 5 rings (SSSR count). The number of nitrogen functional groups attached to an aromatic ring is 1. The molecular weight excluding hydrogens is 552 g/mol. The number of anilines is 1. The molecule has 2 aromatic heterocycles. The van der Waals surface area contributed by atoms with Crippen LogP contribution in [0.4, 0.5) is 11.5 Å². The number of aryl methyl sites for hydroxylation is 1. The van der Waals surface area contributed by atoms with E-state index < -0.39 is 16.8 Å². The van der Waals surface area contributed by atoms with E-state index in [4.69, 9.17) is 15.2 Å². The van der Waals surface area contributed by atoms with Crippen molar-refractivity contribution in [3.63, 3.8) is 0 Å². The van der Waals surface area contributed by atoms with E-state index in [0.29, 0.717) is 49.7 Å². The lowest BCUT2D eigenvalue weighted by atomic mass is 10.1. The number of nitrogens with zero attached hydrogens (tertiary/aromatic N) is 8. The number of benzene rings is 2. The number of hydrogen-bond acceptors (Lipinski definition) is 14. The van der Waals surface area contributed by atoms with Crippen molar-refractivity contribution in [1.29, 1.82) is 0 Å². The fraction of sp³-hybridized carbons (Fsp3) is 0.240. The number of hydrazone groups is 1. The van der Waals surface area contributed by atoms with Gasteiger partial charge in [-0.05, 0) is 47.1 Å². The summed E-state index contributed by atoms with van der Waals surface area (Å²) < 4.78 is 16.6. The van der Waals surface area contributed by atoms with Crippen molar-refractivity contribution >= 4 is 29.6 Å². The van der Waals surface area contributed by atoms with E-state index in [-0.39, 0.29) is 34.3 Å². The Labute approximate surface area is 237 Å². The molecule has 0 radical (unpaired) electrons. The fourth-order valence-electron chi connectivity index (χ4n) is 4.13. The Morgan fingerprint density at radius 1 is 1.21 bits per heavy atom. The first-order chi connectivity index (χ1) is 20.3. The molecule has 216 valence electrons. The summed E-state index contributed by atoms with van der Waals surface area (Å²) in [4.78, 5) is 38.4. The van der Waals surface area contributed by atoms with Crippen molar-refractivity contribution < 1.29 is 28.6 Å². The molecule has 0 bridgehead atoms. The van der Waals surface area contributed by atoms with E-state index in [0.717, 1.165) is 4.68 Å². The maximum Gasteiger partial charge on any atom is 0.343 e. The van der Waals surface area contributed by atoms with Gasteiger partial charge in [-0.2, -0.15) is 9.78 Å². The third kappa shape index (κ3) is 6.26. The SMILES string of the molecule is Cc1cc(C(=O)Oc2cccc(/C=N\NC(=O)c3c(CN4CCOCC4)nnn3-c3nonc3N)c2)ccc1[N+](=O)[O-]. The lowest BCUT2D eigenvalue weighted by Crippen LogP contribution is -2.36. The third-order valence-corrected chi connectivity index (χ3v) is 6.21. The smallest absolute Gasteiger partial charge is 0.343 e. The number of morpholine rings is 1. The van der Waals surface area contributed by atoms with Gasteiger partial charge < -0.3 is 15.2 Å². The highest BCUT2D eigenvalue weighted by Gasteiger charge is 2.26. The predicted octanol–water partition coefficient (Wildman–Crippen LogP) is 1.26. The molecule has 1 fully saturated rings. The van der Waals surface area contributed by atoms with Crippen LogP contribution in [0.5, 0.6) is 5.75 Å². The van der Waals surface area contributed by atoms with Gasteiger partial charge in [-0.15, -0.1) is 5.10 Å². The summed E-state index contributed by atoms with van der Waals surface area (Å²) >= 11 is 0. The monoisotopic (exact) mass is 576 g/mol. The molecule has 4 aromatic rings. The van der Waals surface area contributed by atoms with Crippen molar-refractivity contribution in [3.8, 4) is 11.6 Å². The van der Waals surface area contributed by atoms with Gasteiger partial charge in [0.15, 0.2) is 5.69 Å². The maximum atomic E-state index is 13.2. The quantitative estimate of drug-likeness (QED) is 0.0943. The van der Waals surface area contributed by atoms with Crippen LogP contribution in [0.25, 0.3) is 5.82 Å². The minimum absolute atomic E-state index is 0.00240. The summed E-state index contributed by atoms with van der Waals surface area (Å²) in [5.74, 6) is -1.20. The van der Waals surface area contributed by atoms with Crippen LogP contribution < -0.4 is 15.9 Å². The number of nitro benzene ring substituents is 1. The normalized spacial score (nSPS) is 13.7. The summed E-state index contributed by atoms with van der Waals surface area (Å²) in [7, 11) is 0. The van der Waals surface area contributed by atoms with Gasteiger partial charge in [-0.1, -0.05) is 17.3 Å². The Morgan fingerprint density at radius 2 is 2.02 bits per heavy atom.